The first-order valence-corrected chi connectivity index (χ1v) is 5.06. The zero-order valence-corrected chi connectivity index (χ0v) is 9.14. The van der Waals surface area contributed by atoms with Gasteiger partial charge in [-0.25, -0.2) is 0 Å². The van der Waals surface area contributed by atoms with Crippen molar-refractivity contribution in [2.24, 2.45) is 5.92 Å². The second-order valence-corrected chi connectivity index (χ2v) is 4.39. The number of alkyl halides is 3. The lowest BCUT2D eigenvalue weighted by molar-refractivity contribution is -0.170. The summed E-state index contributed by atoms with van der Waals surface area (Å²) in [5.41, 5.74) is 0. The molecular formula is C10H16F3NO. The first kappa shape index (κ1) is 12.5. The molecule has 0 bridgehead atoms. The molecule has 1 saturated heterocycles. The normalized spacial score (nSPS) is 28.7. The van der Waals surface area contributed by atoms with Crippen LogP contribution in [-0.4, -0.2) is 35.5 Å². The molecule has 0 unspecified atom stereocenters. The fraction of sp³-hybridized carbons (Fsp3) is 0.900. The van der Waals surface area contributed by atoms with Crippen molar-refractivity contribution in [3.8, 4) is 0 Å². The average Bonchev–Trinajstić information content (AvgIpc) is 2.45. The molecule has 0 aromatic heterocycles. The molecule has 0 radical (unpaired) electrons. The summed E-state index contributed by atoms with van der Waals surface area (Å²) in [5.74, 6) is -1.52. The zero-order chi connectivity index (χ0) is 11.8. The molecule has 2 atom stereocenters. The Morgan fingerprint density at radius 1 is 1.40 bits per heavy atom. The summed E-state index contributed by atoms with van der Waals surface area (Å²) in [4.78, 5) is 12.9. The van der Waals surface area contributed by atoms with Gasteiger partial charge in [0.15, 0.2) is 0 Å². The van der Waals surface area contributed by atoms with Crippen LogP contribution in [0.2, 0.25) is 0 Å². The molecule has 1 fully saturated rings. The molecule has 15 heavy (non-hydrogen) atoms. The van der Waals surface area contributed by atoms with E-state index in [0.29, 0.717) is 0 Å². The van der Waals surface area contributed by atoms with Gasteiger partial charge in [-0.1, -0.05) is 0 Å². The minimum Gasteiger partial charge on any atom is -0.298 e. The molecule has 1 aliphatic rings. The maximum absolute atomic E-state index is 12.5. The Hall–Kier alpha value is -0.580. The third kappa shape index (κ3) is 2.71. The van der Waals surface area contributed by atoms with Crippen LogP contribution in [0.3, 0.4) is 0 Å². The number of hydrogen-bond acceptors (Lipinski definition) is 2. The van der Waals surface area contributed by atoms with Gasteiger partial charge in [0.05, 0.1) is 12.0 Å². The van der Waals surface area contributed by atoms with Gasteiger partial charge in [-0.15, -0.1) is 0 Å². The summed E-state index contributed by atoms with van der Waals surface area (Å²) in [5, 5.41) is 0. The van der Waals surface area contributed by atoms with Crippen LogP contribution in [-0.2, 0) is 4.79 Å². The number of likely N-dealkylation sites (tertiary alicyclic amines) is 1. The van der Waals surface area contributed by atoms with Gasteiger partial charge in [0.25, 0.3) is 0 Å². The summed E-state index contributed by atoms with van der Waals surface area (Å²) >= 11 is 0. The molecule has 2 nitrogen and oxygen atoms in total. The van der Waals surface area contributed by atoms with Crippen LogP contribution in [0, 0.1) is 5.92 Å². The third-order valence-electron chi connectivity index (χ3n) is 2.93. The number of ketones is 1. The summed E-state index contributed by atoms with van der Waals surface area (Å²) in [6.07, 6.45) is -4.27. The van der Waals surface area contributed by atoms with Crippen LogP contribution in [0.15, 0.2) is 0 Å². The van der Waals surface area contributed by atoms with Crippen LogP contribution in [0.4, 0.5) is 13.2 Å². The Morgan fingerprint density at radius 2 is 1.93 bits per heavy atom. The van der Waals surface area contributed by atoms with Crippen molar-refractivity contribution in [2.75, 3.05) is 6.54 Å². The van der Waals surface area contributed by atoms with Gasteiger partial charge in [0, 0.05) is 12.6 Å². The lowest BCUT2D eigenvalue weighted by Crippen LogP contribution is -2.39. The van der Waals surface area contributed by atoms with Crippen molar-refractivity contribution in [1.82, 2.24) is 4.90 Å². The largest absolute Gasteiger partial charge is 0.393 e. The maximum Gasteiger partial charge on any atom is 0.393 e. The van der Waals surface area contributed by atoms with E-state index in [2.05, 4.69) is 0 Å². The number of halogens is 3. The minimum atomic E-state index is -4.18. The first-order valence-electron chi connectivity index (χ1n) is 5.06. The molecular weight excluding hydrogens is 207 g/mol. The number of Topliss-reactive ketones (excluding diaryl/α,β-unsaturated/α-hetero) is 1. The Labute approximate surface area is 87.4 Å². The molecule has 0 aromatic rings. The molecule has 1 aliphatic heterocycles. The summed E-state index contributed by atoms with van der Waals surface area (Å²) < 4.78 is 37.5. The van der Waals surface area contributed by atoms with E-state index in [0.717, 1.165) is 0 Å². The van der Waals surface area contributed by atoms with E-state index in [1.165, 1.54) is 6.92 Å². The van der Waals surface area contributed by atoms with Gasteiger partial charge in [-0.2, -0.15) is 13.2 Å². The van der Waals surface area contributed by atoms with E-state index in [1.807, 2.05) is 13.8 Å². The third-order valence-corrected chi connectivity index (χ3v) is 2.93. The highest BCUT2D eigenvalue weighted by atomic mass is 19.4. The van der Waals surface area contributed by atoms with Gasteiger partial charge in [-0.3, -0.25) is 9.69 Å². The monoisotopic (exact) mass is 223 g/mol. The molecule has 0 saturated carbocycles. The molecule has 0 spiro atoms. The molecule has 88 valence electrons. The van der Waals surface area contributed by atoms with Crippen LogP contribution in [0.25, 0.3) is 0 Å². The zero-order valence-electron chi connectivity index (χ0n) is 9.14. The number of carbonyl (C=O) groups excluding carboxylic acids is 1. The first-order chi connectivity index (χ1) is 6.73. The molecule has 1 rings (SSSR count). The van der Waals surface area contributed by atoms with Crippen LogP contribution >= 0.6 is 0 Å². The predicted octanol–water partition coefficient (Wildman–Crippen LogP) is 2.24. The highest BCUT2D eigenvalue weighted by molar-refractivity contribution is 5.81. The van der Waals surface area contributed by atoms with E-state index < -0.39 is 18.1 Å². The van der Waals surface area contributed by atoms with Crippen molar-refractivity contribution in [2.45, 2.75) is 45.5 Å². The summed E-state index contributed by atoms with van der Waals surface area (Å²) in [6.45, 7) is 4.94. The van der Waals surface area contributed by atoms with Gasteiger partial charge < -0.3 is 0 Å². The Bertz CT molecular complexity index is 250. The molecule has 0 amide bonds. The summed E-state index contributed by atoms with van der Waals surface area (Å²) in [6, 6.07) is -0.581. The van der Waals surface area contributed by atoms with Crippen molar-refractivity contribution in [3.63, 3.8) is 0 Å². The maximum atomic E-state index is 12.5. The van der Waals surface area contributed by atoms with Gasteiger partial charge in [0.1, 0.15) is 5.78 Å². The summed E-state index contributed by atoms with van der Waals surface area (Å²) in [7, 11) is 0. The van der Waals surface area contributed by atoms with Crippen molar-refractivity contribution in [1.29, 1.82) is 0 Å². The Kier molecular flexibility index (Phi) is 3.43. The number of carbonyl (C=O) groups is 1. The second kappa shape index (κ2) is 4.12. The number of hydrogen-bond donors (Lipinski definition) is 0. The number of rotatable bonds is 2. The highest BCUT2D eigenvalue weighted by Gasteiger charge is 2.48. The van der Waals surface area contributed by atoms with E-state index in [-0.39, 0.29) is 24.8 Å². The molecule has 0 aliphatic carbocycles. The van der Waals surface area contributed by atoms with Crippen LogP contribution in [0.5, 0.6) is 0 Å². The average molecular weight is 223 g/mol. The topological polar surface area (TPSA) is 20.3 Å². The highest BCUT2D eigenvalue weighted by Crippen LogP contribution is 2.37. The number of nitrogens with zero attached hydrogens (tertiary/aromatic N) is 1. The molecule has 0 aromatic carbocycles. The quantitative estimate of drug-likeness (QED) is 0.715. The Balaban J connectivity index is 2.78. The van der Waals surface area contributed by atoms with E-state index in [9.17, 15) is 18.0 Å². The van der Waals surface area contributed by atoms with E-state index in [4.69, 9.17) is 0 Å². The molecule has 5 heteroatoms. The van der Waals surface area contributed by atoms with Crippen molar-refractivity contribution < 1.29 is 18.0 Å². The standard InChI is InChI=1S/C10H16F3NO/c1-6(2)14-5-8(10(11,12)13)4-9(14)7(3)15/h6,8-9H,4-5H2,1-3H3/t8-,9-/m0/s1. The lowest BCUT2D eigenvalue weighted by atomic mass is 10.0. The van der Waals surface area contributed by atoms with Crippen LogP contribution in [0.1, 0.15) is 27.2 Å². The molecule has 0 N–H and O–H groups in total. The minimum absolute atomic E-state index is 0.0220. The van der Waals surface area contributed by atoms with Gasteiger partial charge >= 0.3 is 6.18 Å². The fourth-order valence-corrected chi connectivity index (χ4v) is 2.07. The SMILES string of the molecule is CC(=O)[C@@H]1C[C@H](C(F)(F)F)CN1C(C)C. The smallest absolute Gasteiger partial charge is 0.298 e. The Morgan fingerprint density at radius 3 is 2.20 bits per heavy atom. The fourth-order valence-electron chi connectivity index (χ4n) is 2.07. The lowest BCUT2D eigenvalue weighted by Gasteiger charge is -2.26. The second-order valence-electron chi connectivity index (χ2n) is 4.39. The van der Waals surface area contributed by atoms with Crippen LogP contribution < -0.4 is 0 Å². The van der Waals surface area contributed by atoms with Crippen molar-refractivity contribution >= 4 is 5.78 Å². The van der Waals surface area contributed by atoms with E-state index in [1.54, 1.807) is 4.90 Å². The van der Waals surface area contributed by atoms with E-state index >= 15 is 0 Å². The van der Waals surface area contributed by atoms with Gasteiger partial charge in [0.2, 0.25) is 0 Å². The predicted molar refractivity (Wildman–Crippen MR) is 50.5 cm³/mol. The van der Waals surface area contributed by atoms with Crippen molar-refractivity contribution in [3.05, 3.63) is 0 Å². The van der Waals surface area contributed by atoms with Gasteiger partial charge in [-0.05, 0) is 27.2 Å². The molecule has 1 heterocycles.